The molecule has 0 N–H and O–H groups in total. The molecule has 1 aromatic heterocycles. The molecule has 0 saturated heterocycles. The lowest BCUT2D eigenvalue weighted by Gasteiger charge is -2.06. The Morgan fingerprint density at radius 3 is 2.59 bits per heavy atom. The monoisotopic (exact) mass is 245 g/mol. The van der Waals surface area contributed by atoms with Crippen LogP contribution in [0.5, 0.6) is 0 Å². The van der Waals surface area contributed by atoms with Gasteiger partial charge in [0.05, 0.1) is 7.11 Å². The Balaban J connectivity index is 2.40. The van der Waals surface area contributed by atoms with Gasteiger partial charge in [-0.2, -0.15) is 0 Å². The summed E-state index contributed by atoms with van der Waals surface area (Å²) in [7, 11) is 1.62. The average molecular weight is 246 g/mol. The van der Waals surface area contributed by atoms with E-state index in [1.165, 1.54) is 0 Å². The van der Waals surface area contributed by atoms with E-state index in [4.69, 9.17) is 16.3 Å². The first-order valence-corrected chi connectivity index (χ1v) is 5.60. The third kappa shape index (κ3) is 2.86. The fraction of sp³-hybridized carbons (Fsp3) is 0.0714. The molecular formula is C14H12ClNO. The average Bonchev–Trinajstić information content (AvgIpc) is 2.39. The number of hydrogen-bond acceptors (Lipinski definition) is 2. The number of benzene rings is 1. The summed E-state index contributed by atoms with van der Waals surface area (Å²) in [5, 5.41) is 0.693. The molecule has 2 nitrogen and oxygen atoms in total. The first-order valence-electron chi connectivity index (χ1n) is 5.23. The predicted octanol–water partition coefficient (Wildman–Crippen LogP) is 3.88. The summed E-state index contributed by atoms with van der Waals surface area (Å²) >= 11 is 6.09. The Hall–Kier alpha value is -1.80. The minimum atomic E-state index is 0.693. The second kappa shape index (κ2) is 5.51. The zero-order valence-electron chi connectivity index (χ0n) is 9.43. The van der Waals surface area contributed by atoms with Crippen molar-refractivity contribution in [3.05, 3.63) is 64.9 Å². The molecule has 0 fully saturated rings. The molecule has 0 aliphatic heterocycles. The highest BCUT2D eigenvalue weighted by molar-refractivity contribution is 6.32. The summed E-state index contributed by atoms with van der Waals surface area (Å²) in [6.45, 7) is 0. The zero-order valence-corrected chi connectivity index (χ0v) is 10.2. The second-order valence-electron chi connectivity index (χ2n) is 3.45. The Morgan fingerprint density at radius 2 is 1.94 bits per heavy atom. The SMILES string of the molecule is COC(=Cc1ccccc1Cl)c1ccccn1. The quantitative estimate of drug-likeness (QED) is 0.766. The standard InChI is InChI=1S/C14H12ClNO/c1-17-14(13-8-4-5-9-16-13)10-11-6-2-3-7-12(11)15/h2-10H,1H3. The Labute approximate surface area is 106 Å². The lowest BCUT2D eigenvalue weighted by Crippen LogP contribution is -1.90. The number of aromatic nitrogens is 1. The van der Waals surface area contributed by atoms with Crippen molar-refractivity contribution < 1.29 is 4.74 Å². The zero-order chi connectivity index (χ0) is 12.1. The van der Waals surface area contributed by atoms with Crippen LogP contribution in [0.2, 0.25) is 5.02 Å². The van der Waals surface area contributed by atoms with Gasteiger partial charge in [0.15, 0.2) is 0 Å². The summed E-state index contributed by atoms with van der Waals surface area (Å²) < 4.78 is 5.34. The maximum Gasteiger partial charge on any atom is 0.145 e. The molecule has 86 valence electrons. The molecule has 1 heterocycles. The Morgan fingerprint density at radius 1 is 1.18 bits per heavy atom. The highest BCUT2D eigenvalue weighted by Gasteiger charge is 2.03. The summed E-state index contributed by atoms with van der Waals surface area (Å²) in [5.41, 5.74) is 1.70. The van der Waals surface area contributed by atoms with Crippen LogP contribution in [0.3, 0.4) is 0 Å². The van der Waals surface area contributed by atoms with Crippen LogP contribution in [0, 0.1) is 0 Å². The van der Waals surface area contributed by atoms with Gasteiger partial charge in [0.25, 0.3) is 0 Å². The lowest BCUT2D eigenvalue weighted by atomic mass is 10.1. The molecule has 2 rings (SSSR count). The van der Waals surface area contributed by atoms with E-state index in [0.29, 0.717) is 10.8 Å². The van der Waals surface area contributed by atoms with Crippen molar-refractivity contribution in [1.29, 1.82) is 0 Å². The van der Waals surface area contributed by atoms with E-state index >= 15 is 0 Å². The molecule has 17 heavy (non-hydrogen) atoms. The van der Waals surface area contributed by atoms with E-state index in [1.807, 2.05) is 48.5 Å². The molecule has 1 aromatic carbocycles. The normalized spacial score (nSPS) is 11.3. The minimum Gasteiger partial charge on any atom is -0.494 e. The van der Waals surface area contributed by atoms with Crippen molar-refractivity contribution in [2.45, 2.75) is 0 Å². The Bertz CT molecular complexity index is 523. The molecule has 0 spiro atoms. The second-order valence-corrected chi connectivity index (χ2v) is 3.86. The highest BCUT2D eigenvalue weighted by Crippen LogP contribution is 2.22. The molecule has 0 amide bonds. The van der Waals surface area contributed by atoms with E-state index in [9.17, 15) is 0 Å². The third-order valence-corrected chi connectivity index (χ3v) is 2.67. The van der Waals surface area contributed by atoms with Crippen LogP contribution < -0.4 is 0 Å². The molecule has 3 heteroatoms. The third-order valence-electron chi connectivity index (χ3n) is 2.33. The van der Waals surface area contributed by atoms with Crippen molar-refractivity contribution >= 4 is 23.4 Å². The van der Waals surface area contributed by atoms with Crippen LogP contribution in [0.1, 0.15) is 11.3 Å². The summed E-state index contributed by atoms with van der Waals surface area (Å²) in [5.74, 6) is 0.693. The van der Waals surface area contributed by atoms with Crippen LogP contribution in [0.4, 0.5) is 0 Å². The van der Waals surface area contributed by atoms with Crippen LogP contribution in [0.15, 0.2) is 48.7 Å². The van der Waals surface area contributed by atoms with Gasteiger partial charge in [-0.05, 0) is 29.8 Å². The van der Waals surface area contributed by atoms with Crippen LogP contribution in [-0.2, 0) is 4.74 Å². The number of nitrogens with zero attached hydrogens (tertiary/aromatic N) is 1. The van der Waals surface area contributed by atoms with Gasteiger partial charge in [0.1, 0.15) is 11.5 Å². The molecule has 0 aliphatic carbocycles. The molecule has 0 aliphatic rings. The van der Waals surface area contributed by atoms with Gasteiger partial charge in [-0.1, -0.05) is 35.9 Å². The maximum absolute atomic E-state index is 6.09. The fourth-order valence-corrected chi connectivity index (χ4v) is 1.67. The van der Waals surface area contributed by atoms with Gasteiger partial charge in [0.2, 0.25) is 0 Å². The van der Waals surface area contributed by atoms with Crippen molar-refractivity contribution in [1.82, 2.24) is 4.98 Å². The van der Waals surface area contributed by atoms with Crippen molar-refractivity contribution in [3.63, 3.8) is 0 Å². The number of hydrogen-bond donors (Lipinski definition) is 0. The van der Waals surface area contributed by atoms with Crippen molar-refractivity contribution in [2.24, 2.45) is 0 Å². The molecule has 0 saturated carbocycles. The van der Waals surface area contributed by atoms with E-state index in [1.54, 1.807) is 13.3 Å². The molecule has 0 bridgehead atoms. The van der Waals surface area contributed by atoms with Gasteiger partial charge in [0, 0.05) is 11.2 Å². The first-order chi connectivity index (χ1) is 8.31. The van der Waals surface area contributed by atoms with Gasteiger partial charge in [-0.25, -0.2) is 0 Å². The van der Waals surface area contributed by atoms with Gasteiger partial charge in [-0.15, -0.1) is 0 Å². The highest BCUT2D eigenvalue weighted by atomic mass is 35.5. The number of ether oxygens (including phenoxy) is 1. The van der Waals surface area contributed by atoms with E-state index < -0.39 is 0 Å². The number of pyridine rings is 1. The molecule has 2 aromatic rings. The van der Waals surface area contributed by atoms with Crippen LogP contribution >= 0.6 is 11.6 Å². The number of rotatable bonds is 3. The number of methoxy groups -OCH3 is 1. The summed E-state index contributed by atoms with van der Waals surface area (Å²) in [6.07, 6.45) is 3.61. The summed E-state index contributed by atoms with van der Waals surface area (Å²) in [4.78, 5) is 4.24. The van der Waals surface area contributed by atoms with Gasteiger partial charge < -0.3 is 4.74 Å². The molecule has 0 unspecified atom stereocenters. The first kappa shape index (κ1) is 11.7. The van der Waals surface area contributed by atoms with Crippen LogP contribution in [-0.4, -0.2) is 12.1 Å². The van der Waals surface area contributed by atoms with Crippen molar-refractivity contribution in [2.75, 3.05) is 7.11 Å². The van der Waals surface area contributed by atoms with Crippen molar-refractivity contribution in [3.8, 4) is 0 Å². The van der Waals surface area contributed by atoms with E-state index in [2.05, 4.69) is 4.98 Å². The fourth-order valence-electron chi connectivity index (χ4n) is 1.48. The lowest BCUT2D eigenvalue weighted by molar-refractivity contribution is 0.371. The maximum atomic E-state index is 6.09. The van der Waals surface area contributed by atoms with Crippen LogP contribution in [0.25, 0.3) is 11.8 Å². The minimum absolute atomic E-state index is 0.693. The van der Waals surface area contributed by atoms with E-state index in [-0.39, 0.29) is 0 Å². The molecule has 0 atom stereocenters. The van der Waals surface area contributed by atoms with E-state index in [0.717, 1.165) is 11.3 Å². The summed E-state index contributed by atoms with van der Waals surface area (Å²) in [6, 6.07) is 13.3. The van der Waals surface area contributed by atoms with Gasteiger partial charge in [-0.3, -0.25) is 4.98 Å². The molecular weight excluding hydrogens is 234 g/mol. The molecule has 0 radical (unpaired) electrons. The number of halogens is 1. The predicted molar refractivity (Wildman–Crippen MR) is 70.6 cm³/mol. The smallest absolute Gasteiger partial charge is 0.145 e. The topological polar surface area (TPSA) is 22.1 Å². The Kier molecular flexibility index (Phi) is 3.78. The van der Waals surface area contributed by atoms with Gasteiger partial charge >= 0.3 is 0 Å². The largest absolute Gasteiger partial charge is 0.494 e.